The SMILES string of the molecule is O=C1N(Cc2ccc3ccccc3c2)[C@@H](Cc2ccccc2)[C@@H](O)CN(CC2CCCCC2)N1Cc1ccc2ccccc2c1. The molecule has 0 bridgehead atoms. The van der Waals surface area contributed by atoms with Crippen molar-refractivity contribution in [2.45, 2.75) is 63.8 Å². The summed E-state index contributed by atoms with van der Waals surface area (Å²) in [6.07, 6.45) is 6.03. The Bertz CT molecular complexity index is 1750. The molecule has 1 N–H and O–H groups in total. The van der Waals surface area contributed by atoms with Crippen molar-refractivity contribution >= 4 is 27.6 Å². The summed E-state index contributed by atoms with van der Waals surface area (Å²) in [5.74, 6) is 0.525. The third-order valence-electron chi connectivity index (χ3n) is 9.84. The lowest BCUT2D eigenvalue weighted by atomic mass is 9.89. The summed E-state index contributed by atoms with van der Waals surface area (Å²) in [5.41, 5.74) is 3.29. The first-order valence-corrected chi connectivity index (χ1v) is 16.6. The fourth-order valence-electron chi connectivity index (χ4n) is 7.39. The average Bonchev–Trinajstić information content (AvgIpc) is 3.16. The zero-order chi connectivity index (χ0) is 30.6. The lowest BCUT2D eigenvalue weighted by Crippen LogP contribution is -2.52. The number of urea groups is 1. The standard InChI is InChI=1S/C40H43N3O2/c44-39-29-41(26-31-13-5-2-6-14-31)43(28-33-20-22-35-16-8-10-18-37(35)24-33)40(45)42(38(39)25-30-11-3-1-4-12-30)27-32-19-21-34-15-7-9-17-36(34)23-32/h1,3-4,7-12,15-24,31,38-39,44H,2,5-6,13-14,25-29H2/t38-,39-/m0/s1. The molecule has 45 heavy (non-hydrogen) atoms. The second kappa shape index (κ2) is 13.4. The van der Waals surface area contributed by atoms with Gasteiger partial charge in [-0.25, -0.2) is 9.80 Å². The molecule has 0 spiro atoms. The van der Waals surface area contributed by atoms with Gasteiger partial charge in [-0.15, -0.1) is 0 Å². The van der Waals surface area contributed by atoms with Gasteiger partial charge in [-0.05, 0) is 75.5 Å². The van der Waals surface area contributed by atoms with E-state index in [4.69, 9.17) is 0 Å². The van der Waals surface area contributed by atoms with Crippen molar-refractivity contribution in [3.05, 3.63) is 132 Å². The van der Waals surface area contributed by atoms with E-state index in [-0.39, 0.29) is 12.1 Å². The van der Waals surface area contributed by atoms with Crippen LogP contribution in [0.1, 0.15) is 48.8 Å². The highest BCUT2D eigenvalue weighted by molar-refractivity contribution is 5.84. The van der Waals surface area contributed by atoms with Gasteiger partial charge >= 0.3 is 6.03 Å². The molecule has 0 radical (unpaired) electrons. The lowest BCUT2D eigenvalue weighted by molar-refractivity contribution is -0.0287. The van der Waals surface area contributed by atoms with Gasteiger partial charge in [-0.3, -0.25) is 5.01 Å². The van der Waals surface area contributed by atoms with E-state index in [1.165, 1.54) is 48.3 Å². The Morgan fingerprint density at radius 2 is 1.20 bits per heavy atom. The lowest BCUT2D eigenvalue weighted by Gasteiger charge is -2.38. The van der Waals surface area contributed by atoms with E-state index in [1.54, 1.807) is 0 Å². The Hall–Kier alpha value is -4.19. The van der Waals surface area contributed by atoms with Crippen LogP contribution in [0.2, 0.25) is 0 Å². The highest BCUT2D eigenvalue weighted by Gasteiger charge is 2.41. The largest absolute Gasteiger partial charge is 0.390 e. The monoisotopic (exact) mass is 597 g/mol. The Labute approximate surface area is 266 Å². The number of hydrogen-bond acceptors (Lipinski definition) is 3. The summed E-state index contributed by atoms with van der Waals surface area (Å²) in [4.78, 5) is 16.9. The van der Waals surface area contributed by atoms with E-state index in [9.17, 15) is 9.90 Å². The zero-order valence-corrected chi connectivity index (χ0v) is 26.0. The Morgan fingerprint density at radius 1 is 0.622 bits per heavy atom. The van der Waals surface area contributed by atoms with Gasteiger partial charge in [0.25, 0.3) is 0 Å². The van der Waals surface area contributed by atoms with Crippen LogP contribution in [0.4, 0.5) is 4.79 Å². The molecular weight excluding hydrogens is 554 g/mol. The van der Waals surface area contributed by atoms with Crippen molar-refractivity contribution < 1.29 is 9.90 Å². The first-order valence-electron chi connectivity index (χ1n) is 16.6. The maximum absolute atomic E-state index is 15.0. The van der Waals surface area contributed by atoms with Gasteiger partial charge in [0.05, 0.1) is 18.7 Å². The van der Waals surface area contributed by atoms with Gasteiger partial charge in [0.1, 0.15) is 0 Å². The molecule has 7 rings (SSSR count). The Balaban J connectivity index is 1.27. The van der Waals surface area contributed by atoms with Gasteiger partial charge in [-0.2, -0.15) is 0 Å². The van der Waals surface area contributed by atoms with Crippen molar-refractivity contribution in [1.82, 2.24) is 14.9 Å². The molecule has 5 aromatic carbocycles. The molecule has 5 heteroatoms. The normalized spacial score (nSPS) is 20.2. The number of aliphatic hydroxyl groups excluding tert-OH is 1. The molecule has 230 valence electrons. The molecule has 2 atom stereocenters. The molecule has 2 fully saturated rings. The predicted molar refractivity (Wildman–Crippen MR) is 182 cm³/mol. The summed E-state index contributed by atoms with van der Waals surface area (Å²) in [5, 5.41) is 20.9. The summed E-state index contributed by atoms with van der Waals surface area (Å²) >= 11 is 0. The van der Waals surface area contributed by atoms with Crippen LogP contribution >= 0.6 is 0 Å². The van der Waals surface area contributed by atoms with Crippen molar-refractivity contribution in [3.63, 3.8) is 0 Å². The topological polar surface area (TPSA) is 47.0 Å². The van der Waals surface area contributed by atoms with Gasteiger partial charge < -0.3 is 10.0 Å². The smallest absolute Gasteiger partial charge is 0.335 e. The quantitative estimate of drug-likeness (QED) is 0.196. The van der Waals surface area contributed by atoms with E-state index in [2.05, 4.69) is 102 Å². The maximum Gasteiger partial charge on any atom is 0.335 e. The van der Waals surface area contributed by atoms with Crippen LogP contribution in [0, 0.1) is 5.92 Å². The number of hydrazine groups is 1. The number of nitrogens with zero attached hydrogens (tertiary/aromatic N) is 3. The fraction of sp³-hybridized carbons (Fsp3) is 0.325. The average molecular weight is 598 g/mol. The van der Waals surface area contributed by atoms with Gasteiger partial charge in [0, 0.05) is 19.6 Å². The van der Waals surface area contributed by atoms with E-state index in [0.717, 1.165) is 28.6 Å². The number of β-amino-alcohol motifs (C(OH)–C–C–N with tert-alkyl or cyclic N) is 1. The van der Waals surface area contributed by atoms with E-state index < -0.39 is 6.10 Å². The number of carbonyl (C=O) groups is 1. The van der Waals surface area contributed by atoms with E-state index in [1.807, 2.05) is 28.1 Å². The van der Waals surface area contributed by atoms with Crippen LogP contribution in [0.15, 0.2) is 115 Å². The summed E-state index contributed by atoms with van der Waals surface area (Å²) < 4.78 is 0. The summed E-state index contributed by atoms with van der Waals surface area (Å²) in [7, 11) is 0. The summed E-state index contributed by atoms with van der Waals surface area (Å²) in [6.45, 7) is 2.12. The van der Waals surface area contributed by atoms with Crippen LogP contribution in [0.25, 0.3) is 21.5 Å². The zero-order valence-electron chi connectivity index (χ0n) is 26.0. The van der Waals surface area contributed by atoms with Crippen molar-refractivity contribution in [2.24, 2.45) is 5.92 Å². The molecular formula is C40H43N3O2. The number of benzene rings is 5. The van der Waals surface area contributed by atoms with Gasteiger partial charge in [0.2, 0.25) is 0 Å². The minimum absolute atomic E-state index is 0.0374. The fourth-order valence-corrected chi connectivity index (χ4v) is 7.39. The molecule has 0 aromatic heterocycles. The third-order valence-corrected chi connectivity index (χ3v) is 9.84. The number of hydrogen-bond donors (Lipinski definition) is 1. The van der Waals surface area contributed by atoms with Gasteiger partial charge in [-0.1, -0.05) is 122 Å². The first-order chi connectivity index (χ1) is 22.1. The minimum Gasteiger partial charge on any atom is -0.390 e. The molecule has 1 aliphatic carbocycles. The van der Waals surface area contributed by atoms with E-state index in [0.29, 0.717) is 32.0 Å². The Kier molecular flexibility index (Phi) is 8.81. The number of rotatable bonds is 8. The molecule has 1 aliphatic heterocycles. The molecule has 1 saturated carbocycles. The number of amides is 2. The number of aliphatic hydroxyl groups is 1. The van der Waals surface area contributed by atoms with Crippen LogP contribution in [0.5, 0.6) is 0 Å². The molecule has 1 heterocycles. The number of fused-ring (bicyclic) bond motifs is 2. The molecule has 5 nitrogen and oxygen atoms in total. The summed E-state index contributed by atoms with van der Waals surface area (Å²) in [6, 6.07) is 39.6. The number of carbonyl (C=O) groups excluding carboxylic acids is 1. The third kappa shape index (κ3) is 6.75. The second-order valence-electron chi connectivity index (χ2n) is 13.0. The maximum atomic E-state index is 15.0. The predicted octanol–water partition coefficient (Wildman–Crippen LogP) is 8.20. The highest BCUT2D eigenvalue weighted by Crippen LogP contribution is 2.30. The second-order valence-corrected chi connectivity index (χ2v) is 13.0. The minimum atomic E-state index is -0.695. The molecule has 5 aromatic rings. The van der Waals surface area contributed by atoms with Crippen LogP contribution < -0.4 is 0 Å². The van der Waals surface area contributed by atoms with Crippen molar-refractivity contribution in [2.75, 3.05) is 13.1 Å². The Morgan fingerprint density at radius 3 is 1.84 bits per heavy atom. The van der Waals surface area contributed by atoms with Crippen LogP contribution in [-0.4, -0.2) is 51.3 Å². The van der Waals surface area contributed by atoms with E-state index >= 15 is 0 Å². The molecule has 2 amide bonds. The van der Waals surface area contributed by atoms with Crippen LogP contribution in [0.3, 0.4) is 0 Å². The van der Waals surface area contributed by atoms with Gasteiger partial charge in [0.15, 0.2) is 0 Å². The molecule has 2 aliphatic rings. The first kappa shape index (κ1) is 29.5. The molecule has 1 saturated heterocycles. The van der Waals surface area contributed by atoms with Crippen molar-refractivity contribution in [1.29, 1.82) is 0 Å². The molecule has 0 unspecified atom stereocenters. The van der Waals surface area contributed by atoms with Crippen molar-refractivity contribution in [3.8, 4) is 0 Å². The van der Waals surface area contributed by atoms with Crippen LogP contribution in [-0.2, 0) is 19.5 Å². The highest BCUT2D eigenvalue weighted by atomic mass is 16.3.